The zero-order valence-corrected chi connectivity index (χ0v) is 14.1. The number of hydrogen-bond donors (Lipinski definition) is 0. The molecule has 1 amide bonds. The summed E-state index contributed by atoms with van der Waals surface area (Å²) < 4.78 is 0. The number of thioether (sulfide) groups is 1. The first kappa shape index (κ1) is 15.9. The van der Waals surface area contributed by atoms with Gasteiger partial charge < -0.3 is 4.90 Å². The Hall–Kier alpha value is -1.99. The van der Waals surface area contributed by atoms with Crippen molar-refractivity contribution >= 4 is 28.4 Å². The maximum atomic E-state index is 12.6. The third kappa shape index (κ3) is 3.68. The molecule has 0 radical (unpaired) electrons. The Kier molecular flexibility index (Phi) is 4.88. The van der Waals surface area contributed by atoms with E-state index in [2.05, 4.69) is 43.3 Å². The van der Waals surface area contributed by atoms with Gasteiger partial charge in [0.15, 0.2) is 0 Å². The largest absolute Gasteiger partial charge is 0.332 e. The molecular weight excluding hydrogens is 304 g/mol. The first-order valence-electron chi connectivity index (χ1n) is 7.95. The number of benzene rings is 2. The lowest BCUT2D eigenvalue weighted by Gasteiger charge is -2.30. The molecular formula is C19H20N2OS. The topological polar surface area (TPSA) is 44.1 Å². The van der Waals surface area contributed by atoms with E-state index in [-0.39, 0.29) is 11.9 Å². The maximum Gasteiger partial charge on any atom is 0.233 e. The van der Waals surface area contributed by atoms with Crippen LogP contribution in [-0.4, -0.2) is 28.4 Å². The molecule has 0 N–H and O–H groups in total. The minimum Gasteiger partial charge on any atom is -0.332 e. The van der Waals surface area contributed by atoms with E-state index in [1.54, 1.807) is 0 Å². The molecule has 1 fully saturated rings. The number of nitrogens with zero attached hydrogens (tertiary/aromatic N) is 2. The summed E-state index contributed by atoms with van der Waals surface area (Å²) in [6.45, 7) is 2.11. The van der Waals surface area contributed by atoms with Crippen LogP contribution in [0.2, 0.25) is 0 Å². The molecule has 1 saturated carbocycles. The predicted molar refractivity (Wildman–Crippen MR) is 95.2 cm³/mol. The summed E-state index contributed by atoms with van der Waals surface area (Å²) >= 11 is 1.40. The standard InChI is InChI=1S/C19H20N2OS/c1-14(16-7-6-15-4-2-3-5-17(15)12-16)21(18-8-9-18)19(22)13-23-11-10-20/h2-7,12,14,18H,8-9,11,13H2,1H3. The highest BCUT2D eigenvalue weighted by molar-refractivity contribution is 8.00. The van der Waals surface area contributed by atoms with Gasteiger partial charge in [0.1, 0.15) is 0 Å². The molecule has 3 nitrogen and oxygen atoms in total. The molecule has 1 aliphatic carbocycles. The summed E-state index contributed by atoms with van der Waals surface area (Å²) in [5, 5.41) is 11.1. The van der Waals surface area contributed by atoms with E-state index in [9.17, 15) is 4.79 Å². The summed E-state index contributed by atoms with van der Waals surface area (Å²) in [7, 11) is 0. The van der Waals surface area contributed by atoms with Gasteiger partial charge >= 0.3 is 0 Å². The van der Waals surface area contributed by atoms with E-state index in [0.29, 0.717) is 17.5 Å². The monoisotopic (exact) mass is 324 g/mol. The van der Waals surface area contributed by atoms with Crippen LogP contribution >= 0.6 is 11.8 Å². The molecule has 0 spiro atoms. The van der Waals surface area contributed by atoms with Crippen molar-refractivity contribution in [3.63, 3.8) is 0 Å². The van der Waals surface area contributed by atoms with Gasteiger partial charge in [0.25, 0.3) is 0 Å². The Morgan fingerprint density at radius 3 is 2.74 bits per heavy atom. The molecule has 1 unspecified atom stereocenters. The highest BCUT2D eigenvalue weighted by Gasteiger charge is 2.35. The van der Waals surface area contributed by atoms with Gasteiger partial charge in [0.2, 0.25) is 5.91 Å². The van der Waals surface area contributed by atoms with Crippen LogP contribution in [0.15, 0.2) is 42.5 Å². The fourth-order valence-corrected chi connectivity index (χ4v) is 3.49. The van der Waals surface area contributed by atoms with Crippen molar-refractivity contribution in [1.29, 1.82) is 5.26 Å². The highest BCUT2D eigenvalue weighted by atomic mass is 32.2. The molecule has 1 aliphatic rings. The van der Waals surface area contributed by atoms with E-state index in [0.717, 1.165) is 12.8 Å². The molecule has 1 atom stereocenters. The lowest BCUT2D eigenvalue weighted by atomic mass is 10.0. The van der Waals surface area contributed by atoms with Crippen molar-refractivity contribution in [2.75, 3.05) is 11.5 Å². The Bertz CT molecular complexity index is 748. The molecule has 23 heavy (non-hydrogen) atoms. The number of hydrogen-bond acceptors (Lipinski definition) is 3. The first-order valence-corrected chi connectivity index (χ1v) is 9.10. The Labute approximate surface area is 141 Å². The normalized spacial score (nSPS) is 15.1. The van der Waals surface area contributed by atoms with Gasteiger partial charge in [-0.3, -0.25) is 4.79 Å². The minimum absolute atomic E-state index is 0.0716. The second kappa shape index (κ2) is 7.06. The predicted octanol–water partition coefficient (Wildman–Crippen LogP) is 4.15. The summed E-state index contributed by atoms with van der Waals surface area (Å²) in [4.78, 5) is 14.6. The lowest BCUT2D eigenvalue weighted by Crippen LogP contribution is -2.36. The first-order chi connectivity index (χ1) is 11.2. The molecule has 2 aromatic rings. The van der Waals surface area contributed by atoms with E-state index >= 15 is 0 Å². The molecule has 0 aliphatic heterocycles. The summed E-state index contributed by atoms with van der Waals surface area (Å²) in [6, 6.07) is 17.2. The second-order valence-corrected chi connectivity index (χ2v) is 6.95. The lowest BCUT2D eigenvalue weighted by molar-refractivity contribution is -0.131. The minimum atomic E-state index is 0.0716. The molecule has 2 aromatic carbocycles. The van der Waals surface area contributed by atoms with Gasteiger partial charge in [-0.25, -0.2) is 0 Å². The third-order valence-corrected chi connectivity index (χ3v) is 5.08. The quantitative estimate of drug-likeness (QED) is 0.750. The Balaban J connectivity index is 1.80. The van der Waals surface area contributed by atoms with Crippen LogP contribution in [0, 0.1) is 11.3 Å². The van der Waals surface area contributed by atoms with Gasteiger partial charge in [0.05, 0.1) is 23.6 Å². The average molecular weight is 324 g/mol. The van der Waals surface area contributed by atoms with Gasteiger partial charge in [0, 0.05) is 6.04 Å². The van der Waals surface area contributed by atoms with E-state index in [1.807, 2.05) is 17.0 Å². The van der Waals surface area contributed by atoms with E-state index in [1.165, 1.54) is 28.1 Å². The van der Waals surface area contributed by atoms with Crippen molar-refractivity contribution in [2.45, 2.75) is 31.8 Å². The summed E-state index contributed by atoms with van der Waals surface area (Å²) in [5.41, 5.74) is 1.18. The van der Waals surface area contributed by atoms with Gasteiger partial charge in [-0.1, -0.05) is 36.4 Å². The van der Waals surface area contributed by atoms with E-state index < -0.39 is 0 Å². The summed E-state index contributed by atoms with van der Waals surface area (Å²) in [5.74, 6) is 0.907. The second-order valence-electron chi connectivity index (χ2n) is 5.97. The van der Waals surface area contributed by atoms with Crippen molar-refractivity contribution < 1.29 is 4.79 Å². The zero-order chi connectivity index (χ0) is 16.2. The molecule has 0 heterocycles. The van der Waals surface area contributed by atoms with Crippen LogP contribution in [0.1, 0.15) is 31.4 Å². The number of carbonyl (C=O) groups is 1. The number of nitriles is 1. The van der Waals surface area contributed by atoms with Gasteiger partial charge in [-0.05, 0) is 42.2 Å². The molecule has 3 rings (SSSR count). The van der Waals surface area contributed by atoms with Crippen LogP contribution in [0.3, 0.4) is 0 Å². The Morgan fingerprint density at radius 2 is 2.04 bits per heavy atom. The van der Waals surface area contributed by atoms with Crippen LogP contribution in [0.5, 0.6) is 0 Å². The fourth-order valence-electron chi connectivity index (χ4n) is 2.98. The van der Waals surface area contributed by atoms with Crippen molar-refractivity contribution in [2.24, 2.45) is 0 Å². The molecule has 0 bridgehead atoms. The summed E-state index contributed by atoms with van der Waals surface area (Å²) in [6.07, 6.45) is 2.18. The molecule has 4 heteroatoms. The molecule has 118 valence electrons. The third-order valence-electron chi connectivity index (χ3n) is 4.29. The van der Waals surface area contributed by atoms with E-state index in [4.69, 9.17) is 5.26 Å². The number of amides is 1. The van der Waals surface area contributed by atoms with Crippen molar-refractivity contribution in [1.82, 2.24) is 4.90 Å². The van der Waals surface area contributed by atoms with Crippen LogP contribution < -0.4 is 0 Å². The fraction of sp³-hybridized carbons (Fsp3) is 0.368. The highest BCUT2D eigenvalue weighted by Crippen LogP contribution is 2.35. The maximum absolute atomic E-state index is 12.6. The zero-order valence-electron chi connectivity index (χ0n) is 13.2. The average Bonchev–Trinajstić information content (AvgIpc) is 3.39. The van der Waals surface area contributed by atoms with Gasteiger partial charge in [-0.15, -0.1) is 11.8 Å². The Morgan fingerprint density at radius 1 is 1.30 bits per heavy atom. The number of carbonyl (C=O) groups excluding carboxylic acids is 1. The number of fused-ring (bicyclic) bond motifs is 1. The van der Waals surface area contributed by atoms with Crippen molar-refractivity contribution in [3.05, 3.63) is 48.0 Å². The smallest absolute Gasteiger partial charge is 0.233 e. The molecule has 0 saturated heterocycles. The van der Waals surface area contributed by atoms with Gasteiger partial charge in [-0.2, -0.15) is 5.26 Å². The number of rotatable bonds is 6. The molecule has 0 aromatic heterocycles. The van der Waals surface area contributed by atoms with Crippen molar-refractivity contribution in [3.8, 4) is 6.07 Å². The SMILES string of the molecule is CC(c1ccc2ccccc2c1)N(C(=O)CSCC#N)C1CC1. The van der Waals surface area contributed by atoms with Crippen LogP contribution in [-0.2, 0) is 4.79 Å². The van der Waals surface area contributed by atoms with Crippen LogP contribution in [0.25, 0.3) is 10.8 Å². The van der Waals surface area contributed by atoms with Crippen LogP contribution in [0.4, 0.5) is 0 Å².